The van der Waals surface area contributed by atoms with Gasteiger partial charge in [-0.1, -0.05) is 37.2 Å². The van der Waals surface area contributed by atoms with Gasteiger partial charge in [0.05, 0.1) is 11.9 Å². The van der Waals surface area contributed by atoms with Gasteiger partial charge in [-0.15, -0.1) is 0 Å². The summed E-state index contributed by atoms with van der Waals surface area (Å²) >= 11 is 1.31. The first-order valence-electron chi connectivity index (χ1n) is 11.9. The summed E-state index contributed by atoms with van der Waals surface area (Å²) in [5.41, 5.74) is 1.81. The molecule has 10 heteroatoms. The van der Waals surface area contributed by atoms with Gasteiger partial charge in [-0.2, -0.15) is 0 Å². The number of halogens is 1. The summed E-state index contributed by atoms with van der Waals surface area (Å²) in [6.45, 7) is 7.65. The van der Waals surface area contributed by atoms with E-state index in [1.54, 1.807) is 42.8 Å². The molecule has 1 saturated heterocycles. The fourth-order valence-corrected chi connectivity index (χ4v) is 5.28. The maximum absolute atomic E-state index is 13.3. The monoisotopic (exact) mass is 504 g/mol. The number of hydrogen-bond donors (Lipinski definition) is 0. The summed E-state index contributed by atoms with van der Waals surface area (Å²) < 4.78 is 19.8. The molecule has 8 nitrogen and oxygen atoms in total. The lowest BCUT2D eigenvalue weighted by Crippen LogP contribution is -2.52. The number of ether oxygens (including phenoxy) is 1. The van der Waals surface area contributed by atoms with Crippen molar-refractivity contribution in [3.05, 3.63) is 57.3 Å². The number of thioether (sulfide) groups is 1. The lowest BCUT2D eigenvalue weighted by atomic mass is 10.1. The zero-order valence-electron chi connectivity index (χ0n) is 20.8. The van der Waals surface area contributed by atoms with Gasteiger partial charge in [0.25, 0.3) is 5.56 Å². The van der Waals surface area contributed by atoms with E-state index in [-0.39, 0.29) is 28.6 Å². The predicted octanol–water partition coefficient (Wildman–Crippen LogP) is 3.38. The lowest BCUT2D eigenvalue weighted by Gasteiger charge is -2.35. The van der Waals surface area contributed by atoms with Crippen molar-refractivity contribution < 1.29 is 18.7 Å². The number of piperazine rings is 1. The Labute approximate surface area is 209 Å². The van der Waals surface area contributed by atoms with Crippen LogP contribution in [0.25, 0.3) is 0 Å². The van der Waals surface area contributed by atoms with Crippen LogP contribution >= 0.6 is 11.8 Å². The molecule has 1 aliphatic heterocycles. The molecule has 35 heavy (non-hydrogen) atoms. The summed E-state index contributed by atoms with van der Waals surface area (Å²) in [6, 6.07) is 6.07. The summed E-state index contributed by atoms with van der Waals surface area (Å²) in [6.07, 6.45) is 1.46. The van der Waals surface area contributed by atoms with E-state index in [9.17, 15) is 18.8 Å². The summed E-state index contributed by atoms with van der Waals surface area (Å²) in [5, 5.41) is 0.113. The van der Waals surface area contributed by atoms with Gasteiger partial charge in [0.1, 0.15) is 5.82 Å². The van der Waals surface area contributed by atoms with Crippen LogP contribution < -0.4 is 5.56 Å². The molecule has 2 amide bonds. The average molecular weight is 505 g/mol. The molecular formula is C25H33FN4O4S. The van der Waals surface area contributed by atoms with Gasteiger partial charge in [-0.3, -0.25) is 14.2 Å². The van der Waals surface area contributed by atoms with Crippen molar-refractivity contribution in [1.82, 2.24) is 19.4 Å². The van der Waals surface area contributed by atoms with Crippen molar-refractivity contribution in [2.75, 3.05) is 32.8 Å². The van der Waals surface area contributed by atoms with Crippen LogP contribution in [0.5, 0.6) is 0 Å². The van der Waals surface area contributed by atoms with E-state index < -0.39 is 0 Å². The van der Waals surface area contributed by atoms with Gasteiger partial charge < -0.3 is 14.5 Å². The zero-order chi connectivity index (χ0) is 25.5. The number of aromatic nitrogens is 2. The second kappa shape index (κ2) is 12.2. The topological polar surface area (TPSA) is 84.7 Å². The number of amides is 2. The molecule has 1 aliphatic rings. The summed E-state index contributed by atoms with van der Waals surface area (Å²) in [4.78, 5) is 46.5. The van der Waals surface area contributed by atoms with Crippen molar-refractivity contribution in [3.63, 3.8) is 0 Å². The van der Waals surface area contributed by atoms with Crippen molar-refractivity contribution >= 4 is 23.8 Å². The van der Waals surface area contributed by atoms with E-state index in [1.807, 2.05) is 6.92 Å². The molecule has 0 N–H and O–H groups in total. The standard InChI is InChI=1S/C25H33FN4O4S/c1-5-7-21(23(32)29-12-14-30(15-13-29)25(33)34-6-2)35-24-27-17(3)20(22(31)28(24)4)16-18-8-10-19(26)11-9-18/h8-11,21H,5-7,12-16H2,1-4H3. The van der Waals surface area contributed by atoms with E-state index in [2.05, 4.69) is 4.98 Å². The number of carbonyl (C=O) groups excluding carboxylic acids is 2. The third-order valence-corrected chi connectivity index (χ3v) is 7.33. The minimum atomic E-state index is -0.380. The quantitative estimate of drug-likeness (QED) is 0.405. The van der Waals surface area contributed by atoms with Gasteiger partial charge in [-0.25, -0.2) is 14.2 Å². The second-order valence-corrected chi connectivity index (χ2v) is 9.70. The molecule has 0 spiro atoms. The van der Waals surface area contributed by atoms with E-state index in [1.165, 1.54) is 28.5 Å². The highest BCUT2D eigenvalue weighted by Crippen LogP contribution is 2.27. The predicted molar refractivity (Wildman–Crippen MR) is 133 cm³/mol. The highest BCUT2D eigenvalue weighted by atomic mass is 32.2. The normalized spacial score (nSPS) is 14.7. The van der Waals surface area contributed by atoms with E-state index >= 15 is 0 Å². The van der Waals surface area contributed by atoms with Gasteiger partial charge in [0.15, 0.2) is 5.16 Å². The highest BCUT2D eigenvalue weighted by molar-refractivity contribution is 8.00. The van der Waals surface area contributed by atoms with E-state index in [0.29, 0.717) is 62.0 Å². The van der Waals surface area contributed by atoms with Gasteiger partial charge in [-0.05, 0) is 38.0 Å². The van der Waals surface area contributed by atoms with Crippen molar-refractivity contribution in [2.45, 2.75) is 50.4 Å². The molecule has 190 valence electrons. The van der Waals surface area contributed by atoms with Gasteiger partial charge in [0.2, 0.25) is 5.91 Å². The zero-order valence-corrected chi connectivity index (χ0v) is 21.6. The van der Waals surface area contributed by atoms with E-state index in [4.69, 9.17) is 4.74 Å². The Balaban J connectivity index is 1.74. The Kier molecular flexibility index (Phi) is 9.31. The van der Waals surface area contributed by atoms with Crippen LogP contribution in [-0.2, 0) is 23.0 Å². The minimum absolute atomic E-state index is 0.0114. The minimum Gasteiger partial charge on any atom is -0.450 e. The number of nitrogens with zero attached hydrogens (tertiary/aromatic N) is 4. The van der Waals surface area contributed by atoms with Crippen LogP contribution in [0.2, 0.25) is 0 Å². The number of benzene rings is 1. The van der Waals surface area contributed by atoms with E-state index in [0.717, 1.165) is 12.0 Å². The van der Waals surface area contributed by atoms with Crippen molar-refractivity contribution in [1.29, 1.82) is 0 Å². The maximum atomic E-state index is 13.3. The molecule has 1 aromatic carbocycles. The lowest BCUT2D eigenvalue weighted by molar-refractivity contribution is -0.132. The second-order valence-electron chi connectivity index (χ2n) is 8.53. The average Bonchev–Trinajstić information content (AvgIpc) is 2.85. The summed E-state index contributed by atoms with van der Waals surface area (Å²) in [5.74, 6) is -0.333. The van der Waals surface area contributed by atoms with Gasteiger partial charge >= 0.3 is 6.09 Å². The van der Waals surface area contributed by atoms with Crippen molar-refractivity contribution in [3.8, 4) is 0 Å². The number of aryl methyl sites for hydroxylation is 1. The molecule has 2 heterocycles. The highest BCUT2D eigenvalue weighted by Gasteiger charge is 2.30. The maximum Gasteiger partial charge on any atom is 0.409 e. The number of rotatable bonds is 8. The molecule has 2 aromatic rings. The third kappa shape index (κ3) is 6.62. The van der Waals surface area contributed by atoms with Crippen LogP contribution in [0.3, 0.4) is 0 Å². The van der Waals surface area contributed by atoms with Crippen molar-refractivity contribution in [2.24, 2.45) is 7.05 Å². The first-order valence-corrected chi connectivity index (χ1v) is 12.8. The molecule has 0 saturated carbocycles. The smallest absolute Gasteiger partial charge is 0.409 e. The fourth-order valence-electron chi connectivity index (χ4n) is 4.00. The molecule has 1 fully saturated rings. The van der Waals surface area contributed by atoms with Crippen LogP contribution in [0, 0.1) is 12.7 Å². The Hall–Kier alpha value is -2.88. The van der Waals surface area contributed by atoms with Gasteiger partial charge in [0, 0.05) is 50.9 Å². The van der Waals surface area contributed by atoms with Crippen LogP contribution in [0.15, 0.2) is 34.2 Å². The SMILES string of the molecule is CCCC(Sc1nc(C)c(Cc2ccc(F)cc2)c(=O)n1C)C(=O)N1CCN(C(=O)OCC)CC1. The molecule has 0 aliphatic carbocycles. The van der Waals surface area contributed by atoms with Crippen LogP contribution in [-0.4, -0.2) is 69.4 Å². The molecule has 0 radical (unpaired) electrons. The number of hydrogen-bond acceptors (Lipinski definition) is 6. The molecule has 1 unspecified atom stereocenters. The Bertz CT molecular complexity index is 1100. The first kappa shape index (κ1) is 26.7. The Morgan fingerprint density at radius 3 is 2.34 bits per heavy atom. The molecule has 1 aromatic heterocycles. The Morgan fingerprint density at radius 2 is 1.74 bits per heavy atom. The Morgan fingerprint density at radius 1 is 1.11 bits per heavy atom. The van der Waals surface area contributed by atoms with Crippen LogP contribution in [0.1, 0.15) is 43.5 Å². The van der Waals surface area contributed by atoms with Crippen LogP contribution in [0.4, 0.5) is 9.18 Å². The largest absolute Gasteiger partial charge is 0.450 e. The molecular weight excluding hydrogens is 471 g/mol. The first-order chi connectivity index (χ1) is 16.7. The number of carbonyl (C=O) groups is 2. The molecule has 1 atom stereocenters. The molecule has 0 bridgehead atoms. The molecule has 3 rings (SSSR count). The summed E-state index contributed by atoms with van der Waals surface area (Å²) in [7, 11) is 1.66. The fraction of sp³-hybridized carbons (Fsp3) is 0.520. The third-order valence-electron chi connectivity index (χ3n) is 6.04.